The van der Waals surface area contributed by atoms with Gasteiger partial charge in [-0.1, -0.05) is 0 Å². The van der Waals surface area contributed by atoms with E-state index in [2.05, 4.69) is 12.6 Å². The van der Waals surface area contributed by atoms with Crippen molar-refractivity contribution in [3.8, 4) is 0 Å². The zero-order chi connectivity index (χ0) is 9.84. The van der Waals surface area contributed by atoms with Gasteiger partial charge in [-0.3, -0.25) is 0 Å². The Morgan fingerprint density at radius 3 is 2.54 bits per heavy atom. The van der Waals surface area contributed by atoms with Crippen LogP contribution in [0.1, 0.15) is 0 Å². The van der Waals surface area contributed by atoms with Crippen LogP contribution in [0, 0.1) is 11.6 Å². The minimum atomic E-state index is -0.817. The number of hydrogen-bond donors (Lipinski definition) is 1. The second-order valence-corrected chi connectivity index (χ2v) is 3.19. The number of anilines is 1. The van der Waals surface area contributed by atoms with E-state index in [1.165, 1.54) is 6.07 Å². The molecule has 0 spiro atoms. The summed E-state index contributed by atoms with van der Waals surface area (Å²) in [6, 6.07) is 3.85. The molecule has 0 amide bonds. The lowest BCUT2D eigenvalue weighted by atomic mass is 10.3. The summed E-state index contributed by atoms with van der Waals surface area (Å²) in [4.78, 5) is 1.82. The van der Waals surface area contributed by atoms with Crippen molar-refractivity contribution in [1.82, 2.24) is 0 Å². The maximum atomic E-state index is 12.8. The second-order valence-electron chi connectivity index (χ2n) is 2.74. The van der Waals surface area contributed by atoms with Gasteiger partial charge in [0.1, 0.15) is 0 Å². The van der Waals surface area contributed by atoms with E-state index in [4.69, 9.17) is 0 Å². The van der Waals surface area contributed by atoms with Gasteiger partial charge < -0.3 is 4.90 Å². The van der Waals surface area contributed by atoms with E-state index in [0.29, 0.717) is 18.0 Å². The fraction of sp³-hybridized carbons (Fsp3) is 0.333. The Morgan fingerprint density at radius 2 is 2.00 bits per heavy atom. The monoisotopic (exact) mass is 203 g/mol. The number of nitrogens with zero attached hydrogens (tertiary/aromatic N) is 1. The average molecular weight is 203 g/mol. The van der Waals surface area contributed by atoms with Crippen molar-refractivity contribution in [1.29, 1.82) is 0 Å². The summed E-state index contributed by atoms with van der Waals surface area (Å²) in [6.45, 7) is 0.703. The van der Waals surface area contributed by atoms with Gasteiger partial charge in [0.25, 0.3) is 0 Å². The third-order valence-corrected chi connectivity index (χ3v) is 1.98. The van der Waals surface area contributed by atoms with Crippen LogP contribution in [-0.2, 0) is 0 Å². The standard InChI is InChI=1S/C9H11F2NS/c1-12(4-5-13)7-2-3-8(10)9(11)6-7/h2-3,6,13H,4-5H2,1H3. The molecule has 4 heteroatoms. The van der Waals surface area contributed by atoms with E-state index in [1.807, 2.05) is 11.9 Å². The third kappa shape index (κ3) is 2.59. The smallest absolute Gasteiger partial charge is 0.160 e. The zero-order valence-electron chi connectivity index (χ0n) is 7.30. The molecular formula is C9H11F2NS. The summed E-state index contributed by atoms with van der Waals surface area (Å²) in [5, 5.41) is 0. The van der Waals surface area contributed by atoms with Crippen LogP contribution < -0.4 is 4.90 Å². The van der Waals surface area contributed by atoms with E-state index in [9.17, 15) is 8.78 Å². The Kier molecular flexibility index (Phi) is 3.54. The molecular weight excluding hydrogens is 192 g/mol. The van der Waals surface area contributed by atoms with Gasteiger partial charge in [-0.15, -0.1) is 0 Å². The molecule has 0 saturated heterocycles. The lowest BCUT2D eigenvalue weighted by Gasteiger charge is -2.17. The van der Waals surface area contributed by atoms with Crippen LogP contribution in [0.15, 0.2) is 18.2 Å². The normalized spacial score (nSPS) is 10.2. The van der Waals surface area contributed by atoms with Crippen LogP contribution in [0.2, 0.25) is 0 Å². The number of thiol groups is 1. The maximum Gasteiger partial charge on any atom is 0.160 e. The van der Waals surface area contributed by atoms with Crippen LogP contribution in [0.5, 0.6) is 0 Å². The van der Waals surface area contributed by atoms with E-state index in [0.717, 1.165) is 6.07 Å². The first-order valence-corrected chi connectivity index (χ1v) is 4.55. The summed E-state index contributed by atoms with van der Waals surface area (Å²) in [5.74, 6) is -0.957. The van der Waals surface area contributed by atoms with Crippen molar-refractivity contribution in [3.05, 3.63) is 29.8 Å². The third-order valence-electron chi connectivity index (χ3n) is 1.78. The molecule has 0 aliphatic rings. The highest BCUT2D eigenvalue weighted by Crippen LogP contribution is 2.16. The average Bonchev–Trinajstić information content (AvgIpc) is 2.10. The fourth-order valence-electron chi connectivity index (χ4n) is 1.00. The molecule has 0 radical (unpaired) electrons. The van der Waals surface area contributed by atoms with Gasteiger partial charge in [-0.05, 0) is 12.1 Å². The predicted molar refractivity (Wildman–Crippen MR) is 53.5 cm³/mol. The molecule has 0 heterocycles. The number of hydrogen-bond acceptors (Lipinski definition) is 2. The molecule has 72 valence electrons. The first-order valence-electron chi connectivity index (χ1n) is 3.92. The van der Waals surface area contributed by atoms with Crippen LogP contribution in [0.3, 0.4) is 0 Å². The largest absolute Gasteiger partial charge is 0.374 e. The molecule has 0 fully saturated rings. The van der Waals surface area contributed by atoms with Crippen LogP contribution in [0.25, 0.3) is 0 Å². The van der Waals surface area contributed by atoms with Crippen molar-refractivity contribution < 1.29 is 8.78 Å². The quantitative estimate of drug-likeness (QED) is 0.738. The van der Waals surface area contributed by atoms with Crippen molar-refractivity contribution in [2.24, 2.45) is 0 Å². The highest BCUT2D eigenvalue weighted by Gasteiger charge is 2.04. The number of benzene rings is 1. The topological polar surface area (TPSA) is 3.24 Å². The summed E-state index contributed by atoms with van der Waals surface area (Å²) in [5.41, 5.74) is 0.660. The lowest BCUT2D eigenvalue weighted by molar-refractivity contribution is 0.508. The SMILES string of the molecule is CN(CCS)c1ccc(F)c(F)c1. The Hall–Kier alpha value is -0.770. The molecule has 1 aromatic carbocycles. The van der Waals surface area contributed by atoms with Gasteiger partial charge in [0.05, 0.1) is 0 Å². The van der Waals surface area contributed by atoms with Crippen molar-refractivity contribution >= 4 is 18.3 Å². The fourth-order valence-corrected chi connectivity index (χ4v) is 1.30. The van der Waals surface area contributed by atoms with Crippen molar-refractivity contribution in [2.45, 2.75) is 0 Å². The minimum absolute atomic E-state index is 0.660. The Balaban J connectivity index is 2.84. The summed E-state index contributed by atoms with van der Waals surface area (Å²) in [7, 11) is 1.81. The van der Waals surface area contributed by atoms with Gasteiger partial charge >= 0.3 is 0 Å². The minimum Gasteiger partial charge on any atom is -0.374 e. The second kappa shape index (κ2) is 4.46. The molecule has 0 atom stereocenters. The Bertz CT molecular complexity index is 291. The molecule has 0 saturated carbocycles. The molecule has 0 N–H and O–H groups in total. The van der Waals surface area contributed by atoms with Crippen molar-refractivity contribution in [3.63, 3.8) is 0 Å². The van der Waals surface area contributed by atoms with Crippen LogP contribution >= 0.6 is 12.6 Å². The van der Waals surface area contributed by atoms with Crippen molar-refractivity contribution in [2.75, 3.05) is 24.2 Å². The molecule has 0 unspecified atom stereocenters. The molecule has 1 aromatic rings. The molecule has 1 rings (SSSR count). The number of rotatable bonds is 3. The molecule has 0 bridgehead atoms. The lowest BCUT2D eigenvalue weighted by Crippen LogP contribution is -2.19. The molecule has 13 heavy (non-hydrogen) atoms. The highest BCUT2D eigenvalue weighted by molar-refractivity contribution is 7.80. The van der Waals surface area contributed by atoms with E-state index in [-0.39, 0.29) is 0 Å². The Labute approximate surface area is 81.8 Å². The molecule has 0 aromatic heterocycles. The summed E-state index contributed by atoms with van der Waals surface area (Å²) >= 11 is 4.05. The van der Waals surface area contributed by atoms with E-state index < -0.39 is 11.6 Å². The first kappa shape index (κ1) is 10.3. The number of halogens is 2. The van der Waals surface area contributed by atoms with Gasteiger partial charge in [-0.2, -0.15) is 12.6 Å². The summed E-state index contributed by atoms with van der Waals surface area (Å²) in [6.07, 6.45) is 0. The highest BCUT2D eigenvalue weighted by atomic mass is 32.1. The predicted octanol–water partition coefficient (Wildman–Crippen LogP) is 2.33. The Morgan fingerprint density at radius 1 is 1.31 bits per heavy atom. The van der Waals surface area contributed by atoms with Gasteiger partial charge in [0.2, 0.25) is 0 Å². The molecule has 1 nitrogen and oxygen atoms in total. The summed E-state index contributed by atoms with van der Waals surface area (Å²) < 4.78 is 25.3. The van der Waals surface area contributed by atoms with Crippen LogP contribution in [-0.4, -0.2) is 19.3 Å². The maximum absolute atomic E-state index is 12.8. The molecule has 0 aliphatic heterocycles. The zero-order valence-corrected chi connectivity index (χ0v) is 8.19. The van der Waals surface area contributed by atoms with E-state index in [1.54, 1.807) is 6.07 Å². The van der Waals surface area contributed by atoms with Gasteiger partial charge in [-0.25, -0.2) is 8.78 Å². The first-order chi connectivity index (χ1) is 6.15. The van der Waals surface area contributed by atoms with Gasteiger partial charge in [0.15, 0.2) is 11.6 Å². The van der Waals surface area contributed by atoms with Gasteiger partial charge in [0, 0.05) is 31.1 Å². The van der Waals surface area contributed by atoms with Crippen LogP contribution in [0.4, 0.5) is 14.5 Å². The molecule has 0 aliphatic carbocycles. The van der Waals surface area contributed by atoms with E-state index >= 15 is 0 Å².